The zero-order valence-corrected chi connectivity index (χ0v) is 8.49. The number of nitrogens with zero attached hydrogens (tertiary/aromatic N) is 2. The molecule has 1 aliphatic rings. The van der Waals surface area contributed by atoms with Gasteiger partial charge in [-0.15, -0.1) is 0 Å². The molecule has 0 bridgehead atoms. The van der Waals surface area contributed by atoms with Gasteiger partial charge in [0.15, 0.2) is 0 Å². The Bertz CT molecular complexity index is 307. The first kappa shape index (κ1) is 8.67. The lowest BCUT2D eigenvalue weighted by Gasteiger charge is -2.05. The minimum Gasteiger partial charge on any atom is -0.261 e. The van der Waals surface area contributed by atoms with Gasteiger partial charge in [-0.3, -0.25) is 9.97 Å². The van der Waals surface area contributed by atoms with E-state index in [2.05, 4.69) is 30.7 Å². The maximum Gasteiger partial charge on any atom is 0.0623 e. The number of rotatable bonds is 2. The van der Waals surface area contributed by atoms with Crippen molar-refractivity contribution >= 4 is 0 Å². The highest BCUT2D eigenvalue weighted by molar-refractivity contribution is 5.16. The van der Waals surface area contributed by atoms with Gasteiger partial charge in [0.1, 0.15) is 0 Å². The fourth-order valence-corrected chi connectivity index (χ4v) is 1.59. The van der Waals surface area contributed by atoms with Crippen LogP contribution in [0.5, 0.6) is 0 Å². The molecule has 2 nitrogen and oxygen atoms in total. The van der Waals surface area contributed by atoms with Gasteiger partial charge in [0, 0.05) is 18.3 Å². The molecule has 1 saturated carbocycles. The van der Waals surface area contributed by atoms with E-state index in [0.29, 0.717) is 11.8 Å². The Morgan fingerprint density at radius 3 is 2.62 bits per heavy atom. The van der Waals surface area contributed by atoms with E-state index in [1.54, 1.807) is 0 Å². The predicted molar refractivity (Wildman–Crippen MR) is 52.6 cm³/mol. The third kappa shape index (κ3) is 1.71. The van der Waals surface area contributed by atoms with Crippen LogP contribution in [0.4, 0.5) is 0 Å². The van der Waals surface area contributed by atoms with Crippen LogP contribution >= 0.6 is 0 Å². The molecular weight excluding hydrogens is 160 g/mol. The molecule has 1 aliphatic carbocycles. The van der Waals surface area contributed by atoms with Crippen molar-refractivity contribution in [1.29, 1.82) is 0 Å². The topological polar surface area (TPSA) is 25.8 Å². The summed E-state index contributed by atoms with van der Waals surface area (Å²) < 4.78 is 0. The Labute approximate surface area is 79.4 Å². The van der Waals surface area contributed by atoms with Gasteiger partial charge in [0.2, 0.25) is 0 Å². The van der Waals surface area contributed by atoms with E-state index in [0.717, 1.165) is 11.6 Å². The van der Waals surface area contributed by atoms with Gasteiger partial charge in [-0.25, -0.2) is 0 Å². The highest BCUT2D eigenvalue weighted by Crippen LogP contribution is 2.45. The summed E-state index contributed by atoms with van der Waals surface area (Å²) in [5, 5.41) is 0. The van der Waals surface area contributed by atoms with Crippen LogP contribution < -0.4 is 0 Å². The number of aromatic nitrogens is 2. The van der Waals surface area contributed by atoms with Crippen LogP contribution in [0, 0.1) is 5.92 Å². The minimum absolute atomic E-state index is 0.488. The second-order valence-electron chi connectivity index (χ2n) is 4.34. The fourth-order valence-electron chi connectivity index (χ4n) is 1.59. The molecule has 0 spiro atoms. The second kappa shape index (κ2) is 3.09. The normalized spacial score (nSPS) is 26.5. The van der Waals surface area contributed by atoms with Gasteiger partial charge in [-0.1, -0.05) is 20.8 Å². The summed E-state index contributed by atoms with van der Waals surface area (Å²) in [6.07, 6.45) is 5.08. The summed E-state index contributed by atoms with van der Waals surface area (Å²) in [5.41, 5.74) is 2.32. The lowest BCUT2D eigenvalue weighted by atomic mass is 10.1. The smallest absolute Gasteiger partial charge is 0.0623 e. The molecule has 0 radical (unpaired) electrons. The van der Waals surface area contributed by atoms with Crippen LogP contribution in [-0.2, 0) is 0 Å². The average Bonchev–Trinajstić information content (AvgIpc) is 2.83. The lowest BCUT2D eigenvalue weighted by Crippen LogP contribution is -1.98. The first-order valence-corrected chi connectivity index (χ1v) is 5.00. The summed E-state index contributed by atoms with van der Waals surface area (Å²) >= 11 is 0. The molecule has 2 heteroatoms. The molecule has 13 heavy (non-hydrogen) atoms. The highest BCUT2D eigenvalue weighted by atomic mass is 14.8. The van der Waals surface area contributed by atoms with E-state index in [1.165, 1.54) is 12.1 Å². The molecule has 1 fully saturated rings. The van der Waals surface area contributed by atoms with Crippen LogP contribution in [0.1, 0.15) is 50.4 Å². The van der Waals surface area contributed by atoms with E-state index in [9.17, 15) is 0 Å². The third-order valence-corrected chi connectivity index (χ3v) is 2.75. The molecule has 0 amide bonds. The second-order valence-corrected chi connectivity index (χ2v) is 4.34. The van der Waals surface area contributed by atoms with Gasteiger partial charge in [-0.05, 0) is 18.3 Å². The SMILES string of the molecule is CC(C)c1cncc(C2CC2C)n1. The summed E-state index contributed by atoms with van der Waals surface area (Å²) in [6, 6.07) is 0. The van der Waals surface area contributed by atoms with E-state index in [4.69, 9.17) is 0 Å². The third-order valence-electron chi connectivity index (χ3n) is 2.75. The van der Waals surface area contributed by atoms with E-state index in [-0.39, 0.29) is 0 Å². The Kier molecular flexibility index (Phi) is 2.06. The Morgan fingerprint density at radius 1 is 1.38 bits per heavy atom. The van der Waals surface area contributed by atoms with Crippen molar-refractivity contribution in [3.63, 3.8) is 0 Å². The van der Waals surface area contributed by atoms with Crippen molar-refractivity contribution in [2.75, 3.05) is 0 Å². The Morgan fingerprint density at radius 2 is 2.08 bits per heavy atom. The van der Waals surface area contributed by atoms with Gasteiger partial charge in [0.25, 0.3) is 0 Å². The average molecular weight is 176 g/mol. The maximum atomic E-state index is 4.62. The molecule has 0 N–H and O–H groups in total. The molecule has 0 aliphatic heterocycles. The van der Waals surface area contributed by atoms with Crippen LogP contribution in [0.2, 0.25) is 0 Å². The van der Waals surface area contributed by atoms with Crippen molar-refractivity contribution in [1.82, 2.24) is 9.97 Å². The quantitative estimate of drug-likeness (QED) is 0.692. The standard InChI is InChI=1S/C11H16N2/c1-7(2)10-5-12-6-11(13-10)9-4-8(9)3/h5-9H,4H2,1-3H3. The molecule has 0 saturated heterocycles. The Balaban J connectivity index is 2.23. The Hall–Kier alpha value is -0.920. The molecule has 1 heterocycles. The summed E-state index contributed by atoms with van der Waals surface area (Å²) in [6.45, 7) is 6.59. The molecular formula is C11H16N2. The van der Waals surface area contributed by atoms with Crippen molar-refractivity contribution in [3.8, 4) is 0 Å². The summed E-state index contributed by atoms with van der Waals surface area (Å²) in [7, 11) is 0. The number of hydrogen-bond donors (Lipinski definition) is 0. The van der Waals surface area contributed by atoms with Gasteiger partial charge < -0.3 is 0 Å². The monoisotopic (exact) mass is 176 g/mol. The zero-order valence-electron chi connectivity index (χ0n) is 8.49. The predicted octanol–water partition coefficient (Wildman–Crippen LogP) is 2.72. The first-order valence-electron chi connectivity index (χ1n) is 5.00. The molecule has 1 aromatic rings. The molecule has 0 aromatic carbocycles. The fraction of sp³-hybridized carbons (Fsp3) is 0.636. The molecule has 2 atom stereocenters. The minimum atomic E-state index is 0.488. The summed E-state index contributed by atoms with van der Waals surface area (Å²) in [4.78, 5) is 8.86. The van der Waals surface area contributed by atoms with Crippen LogP contribution in [0.25, 0.3) is 0 Å². The molecule has 1 aromatic heterocycles. The highest BCUT2D eigenvalue weighted by Gasteiger charge is 2.35. The molecule has 70 valence electrons. The largest absolute Gasteiger partial charge is 0.261 e. The van der Waals surface area contributed by atoms with E-state index < -0.39 is 0 Å². The molecule has 2 rings (SSSR count). The lowest BCUT2D eigenvalue weighted by molar-refractivity contribution is 0.779. The first-order chi connectivity index (χ1) is 6.18. The zero-order chi connectivity index (χ0) is 9.42. The van der Waals surface area contributed by atoms with Gasteiger partial charge in [0.05, 0.1) is 11.4 Å². The maximum absolute atomic E-state index is 4.62. The van der Waals surface area contributed by atoms with E-state index >= 15 is 0 Å². The van der Waals surface area contributed by atoms with Crippen molar-refractivity contribution in [2.45, 2.75) is 39.0 Å². The van der Waals surface area contributed by atoms with Crippen LogP contribution in [-0.4, -0.2) is 9.97 Å². The van der Waals surface area contributed by atoms with Crippen molar-refractivity contribution in [3.05, 3.63) is 23.8 Å². The van der Waals surface area contributed by atoms with Crippen molar-refractivity contribution in [2.24, 2.45) is 5.92 Å². The summed E-state index contributed by atoms with van der Waals surface area (Å²) in [5.74, 6) is 1.99. The van der Waals surface area contributed by atoms with Crippen LogP contribution in [0.15, 0.2) is 12.4 Å². The number of hydrogen-bond acceptors (Lipinski definition) is 2. The van der Waals surface area contributed by atoms with Gasteiger partial charge in [-0.2, -0.15) is 0 Å². The van der Waals surface area contributed by atoms with Crippen molar-refractivity contribution < 1.29 is 0 Å². The van der Waals surface area contributed by atoms with E-state index in [1.807, 2.05) is 12.4 Å². The van der Waals surface area contributed by atoms with Crippen LogP contribution in [0.3, 0.4) is 0 Å². The molecule has 2 unspecified atom stereocenters. The van der Waals surface area contributed by atoms with Gasteiger partial charge >= 0.3 is 0 Å².